The standard InChI is InChI=1S/C17H15ClN2O4/c1-23-14-6-3-10(7-15(14)24-2)9-20-16(21)12-5-4-11(18)8-13(12)19-17(20)22/h3-8H,9H2,1-2H3,(H,19,22). The van der Waals surface area contributed by atoms with E-state index in [1.54, 1.807) is 43.5 Å². The van der Waals surface area contributed by atoms with E-state index in [1.807, 2.05) is 0 Å². The fraction of sp³-hybridized carbons (Fsp3) is 0.176. The largest absolute Gasteiger partial charge is 0.493 e. The molecule has 0 atom stereocenters. The summed E-state index contributed by atoms with van der Waals surface area (Å²) in [7, 11) is 3.07. The number of nitrogens with one attached hydrogen (secondary N) is 1. The number of aromatic amines is 1. The van der Waals surface area contributed by atoms with Gasteiger partial charge >= 0.3 is 5.69 Å². The zero-order valence-corrected chi connectivity index (χ0v) is 13.9. The van der Waals surface area contributed by atoms with E-state index in [1.165, 1.54) is 7.11 Å². The molecule has 0 bridgehead atoms. The van der Waals surface area contributed by atoms with Crippen LogP contribution in [-0.4, -0.2) is 23.8 Å². The van der Waals surface area contributed by atoms with Crippen LogP contribution in [0.2, 0.25) is 5.02 Å². The van der Waals surface area contributed by atoms with E-state index in [-0.39, 0.29) is 12.1 Å². The zero-order chi connectivity index (χ0) is 17.3. The van der Waals surface area contributed by atoms with Gasteiger partial charge in [-0.2, -0.15) is 0 Å². The number of H-pyrrole nitrogens is 1. The van der Waals surface area contributed by atoms with Crippen molar-refractivity contribution in [1.82, 2.24) is 9.55 Å². The smallest absolute Gasteiger partial charge is 0.329 e. The fourth-order valence-electron chi connectivity index (χ4n) is 2.53. The Hall–Kier alpha value is -2.73. The topological polar surface area (TPSA) is 73.3 Å². The van der Waals surface area contributed by atoms with E-state index in [2.05, 4.69) is 4.98 Å². The Bertz CT molecular complexity index is 1020. The summed E-state index contributed by atoms with van der Waals surface area (Å²) in [6.45, 7) is 0.118. The van der Waals surface area contributed by atoms with E-state index < -0.39 is 5.69 Å². The predicted octanol–water partition coefficient (Wildman–Crippen LogP) is 2.41. The van der Waals surface area contributed by atoms with Crippen LogP contribution in [0, 0.1) is 0 Å². The number of aromatic nitrogens is 2. The minimum Gasteiger partial charge on any atom is -0.493 e. The van der Waals surface area contributed by atoms with Crippen LogP contribution in [0.15, 0.2) is 46.0 Å². The Morgan fingerprint density at radius 2 is 1.79 bits per heavy atom. The summed E-state index contributed by atoms with van der Waals surface area (Å²) in [5.41, 5.74) is 0.291. The number of hydrogen-bond acceptors (Lipinski definition) is 4. The maximum absolute atomic E-state index is 12.6. The van der Waals surface area contributed by atoms with Gasteiger partial charge in [0.2, 0.25) is 0 Å². The lowest BCUT2D eigenvalue weighted by molar-refractivity contribution is 0.354. The number of halogens is 1. The molecule has 6 nitrogen and oxygen atoms in total. The van der Waals surface area contributed by atoms with E-state index >= 15 is 0 Å². The van der Waals surface area contributed by atoms with E-state index in [0.29, 0.717) is 27.4 Å². The van der Waals surface area contributed by atoms with Crippen molar-refractivity contribution in [2.24, 2.45) is 0 Å². The molecule has 2 aromatic carbocycles. The van der Waals surface area contributed by atoms with Crippen LogP contribution in [-0.2, 0) is 6.54 Å². The molecule has 1 heterocycles. The van der Waals surface area contributed by atoms with Crippen LogP contribution in [0.1, 0.15) is 5.56 Å². The normalized spacial score (nSPS) is 10.8. The van der Waals surface area contributed by atoms with Gasteiger partial charge in [-0.25, -0.2) is 4.79 Å². The summed E-state index contributed by atoms with van der Waals surface area (Å²) < 4.78 is 11.6. The first-order valence-corrected chi connectivity index (χ1v) is 7.54. The van der Waals surface area contributed by atoms with Gasteiger partial charge in [0.25, 0.3) is 5.56 Å². The first-order chi connectivity index (χ1) is 11.5. The third-order valence-electron chi connectivity index (χ3n) is 3.73. The molecular formula is C17H15ClN2O4. The van der Waals surface area contributed by atoms with Crippen molar-refractivity contribution in [2.45, 2.75) is 6.54 Å². The Balaban J connectivity index is 2.09. The van der Waals surface area contributed by atoms with Crippen LogP contribution in [0.3, 0.4) is 0 Å². The second kappa shape index (κ2) is 6.41. The Morgan fingerprint density at radius 3 is 2.50 bits per heavy atom. The van der Waals surface area contributed by atoms with Crippen LogP contribution < -0.4 is 20.7 Å². The van der Waals surface area contributed by atoms with Gasteiger partial charge in [-0.3, -0.25) is 9.36 Å². The van der Waals surface area contributed by atoms with Crippen molar-refractivity contribution in [3.63, 3.8) is 0 Å². The number of benzene rings is 2. The van der Waals surface area contributed by atoms with Gasteiger partial charge in [-0.05, 0) is 35.9 Å². The van der Waals surface area contributed by atoms with Gasteiger partial charge in [0.1, 0.15) is 0 Å². The number of ether oxygens (including phenoxy) is 2. The van der Waals surface area contributed by atoms with Gasteiger partial charge in [0.05, 0.1) is 31.7 Å². The lowest BCUT2D eigenvalue weighted by Crippen LogP contribution is -2.35. The lowest BCUT2D eigenvalue weighted by Gasteiger charge is -2.11. The van der Waals surface area contributed by atoms with Crippen LogP contribution in [0.25, 0.3) is 10.9 Å². The van der Waals surface area contributed by atoms with E-state index in [9.17, 15) is 9.59 Å². The number of hydrogen-bond donors (Lipinski definition) is 1. The van der Waals surface area contributed by atoms with Crippen molar-refractivity contribution < 1.29 is 9.47 Å². The molecule has 24 heavy (non-hydrogen) atoms. The molecule has 0 amide bonds. The van der Waals surface area contributed by atoms with Gasteiger partial charge in [0, 0.05) is 5.02 Å². The molecule has 0 saturated heterocycles. The van der Waals surface area contributed by atoms with Crippen LogP contribution in [0.4, 0.5) is 0 Å². The number of rotatable bonds is 4. The summed E-state index contributed by atoms with van der Waals surface area (Å²) >= 11 is 5.90. The molecule has 1 aromatic heterocycles. The Morgan fingerprint density at radius 1 is 1.04 bits per heavy atom. The molecule has 1 N–H and O–H groups in total. The van der Waals surface area contributed by atoms with Gasteiger partial charge in [0.15, 0.2) is 11.5 Å². The minimum absolute atomic E-state index is 0.118. The Labute approximate surface area is 142 Å². The molecule has 0 aliphatic heterocycles. The van der Waals surface area contributed by atoms with Gasteiger partial charge in [-0.1, -0.05) is 17.7 Å². The highest BCUT2D eigenvalue weighted by molar-refractivity contribution is 6.31. The summed E-state index contributed by atoms with van der Waals surface area (Å²) in [6, 6.07) is 10.0. The fourth-order valence-corrected chi connectivity index (χ4v) is 2.70. The summed E-state index contributed by atoms with van der Waals surface area (Å²) in [5, 5.41) is 0.856. The number of nitrogens with zero attached hydrogens (tertiary/aromatic N) is 1. The summed E-state index contributed by atoms with van der Waals surface area (Å²) in [6.07, 6.45) is 0. The van der Waals surface area contributed by atoms with Crippen molar-refractivity contribution in [1.29, 1.82) is 0 Å². The maximum Gasteiger partial charge on any atom is 0.329 e. The number of methoxy groups -OCH3 is 2. The highest BCUT2D eigenvalue weighted by atomic mass is 35.5. The van der Waals surface area contributed by atoms with Gasteiger partial charge < -0.3 is 14.5 Å². The van der Waals surface area contributed by atoms with Crippen molar-refractivity contribution in [3.05, 3.63) is 67.8 Å². The second-order valence-corrected chi connectivity index (χ2v) is 5.64. The zero-order valence-electron chi connectivity index (χ0n) is 13.1. The Kier molecular flexibility index (Phi) is 4.31. The molecule has 124 valence electrons. The third kappa shape index (κ3) is 2.88. The molecule has 0 aliphatic rings. The second-order valence-electron chi connectivity index (χ2n) is 5.20. The van der Waals surface area contributed by atoms with Gasteiger partial charge in [-0.15, -0.1) is 0 Å². The van der Waals surface area contributed by atoms with E-state index in [4.69, 9.17) is 21.1 Å². The SMILES string of the molecule is COc1ccc(Cn2c(=O)[nH]c3cc(Cl)ccc3c2=O)cc1OC. The highest BCUT2D eigenvalue weighted by Crippen LogP contribution is 2.27. The average Bonchev–Trinajstić information content (AvgIpc) is 2.58. The summed E-state index contributed by atoms with van der Waals surface area (Å²) in [4.78, 5) is 27.5. The molecule has 3 rings (SSSR count). The quantitative estimate of drug-likeness (QED) is 0.787. The first-order valence-electron chi connectivity index (χ1n) is 7.17. The highest BCUT2D eigenvalue weighted by Gasteiger charge is 2.10. The maximum atomic E-state index is 12.6. The van der Waals surface area contributed by atoms with Crippen LogP contribution in [0.5, 0.6) is 11.5 Å². The first kappa shape index (κ1) is 16.1. The number of fused-ring (bicyclic) bond motifs is 1. The molecule has 0 fully saturated rings. The lowest BCUT2D eigenvalue weighted by atomic mass is 10.2. The molecule has 0 unspecified atom stereocenters. The van der Waals surface area contributed by atoms with Crippen molar-refractivity contribution in [3.8, 4) is 11.5 Å². The third-order valence-corrected chi connectivity index (χ3v) is 3.97. The molecule has 0 saturated carbocycles. The molecular weight excluding hydrogens is 332 g/mol. The molecule has 0 radical (unpaired) electrons. The van der Waals surface area contributed by atoms with Crippen LogP contribution >= 0.6 is 11.6 Å². The average molecular weight is 347 g/mol. The monoisotopic (exact) mass is 346 g/mol. The van der Waals surface area contributed by atoms with Crippen molar-refractivity contribution >= 4 is 22.5 Å². The molecule has 0 aliphatic carbocycles. The molecule has 3 aromatic rings. The van der Waals surface area contributed by atoms with Crippen molar-refractivity contribution in [2.75, 3.05) is 14.2 Å². The minimum atomic E-state index is -0.496. The molecule has 7 heteroatoms. The molecule has 0 spiro atoms. The van der Waals surface area contributed by atoms with E-state index in [0.717, 1.165) is 10.1 Å². The summed E-state index contributed by atoms with van der Waals surface area (Å²) in [5.74, 6) is 1.11. The predicted molar refractivity (Wildman–Crippen MR) is 92.5 cm³/mol.